The number of hydrogen-bond donors (Lipinski definition) is 1. The zero-order valence-corrected chi connectivity index (χ0v) is 3.07. The minimum absolute atomic E-state index is 0.389. The fourth-order valence-corrected chi connectivity index (χ4v) is 0.0802. The van der Waals surface area contributed by atoms with Gasteiger partial charge in [0.2, 0.25) is 0 Å². The lowest BCUT2D eigenvalue weighted by Crippen LogP contribution is -1.84. The molecule has 0 saturated carbocycles. The maximum atomic E-state index is 10.9. The fraction of sp³-hybridized carbons (Fsp3) is 0.333. The molecular weight excluding hydrogens is 85.0 g/mol. The second-order valence-corrected chi connectivity index (χ2v) is 0.763. The van der Waals surface area contributed by atoms with Crippen LogP contribution in [-0.4, -0.2) is 12.3 Å². The first-order chi connectivity index (χ1) is 2.77. The number of nitrogens with one attached hydrogen (secondary N) is 1. The summed E-state index contributed by atoms with van der Waals surface area (Å²) >= 11 is 0. The van der Waals surface area contributed by atoms with Crippen molar-refractivity contribution in [3.05, 3.63) is 0 Å². The van der Waals surface area contributed by atoms with E-state index in [1.54, 1.807) is 0 Å². The third kappa shape index (κ3) is 3.27. The van der Waals surface area contributed by atoms with Crippen molar-refractivity contribution in [1.82, 2.24) is 0 Å². The van der Waals surface area contributed by atoms with Crippen LogP contribution < -0.4 is 0 Å². The second-order valence-electron chi connectivity index (χ2n) is 0.763. The SMILES string of the molecule is N=CCC(=O)F. The first kappa shape index (κ1) is 5.27. The van der Waals surface area contributed by atoms with Gasteiger partial charge in [-0.2, -0.15) is 4.39 Å². The molecule has 0 unspecified atom stereocenters. The summed E-state index contributed by atoms with van der Waals surface area (Å²) in [6.45, 7) is 0. The van der Waals surface area contributed by atoms with E-state index in [4.69, 9.17) is 5.41 Å². The van der Waals surface area contributed by atoms with E-state index in [1.165, 1.54) is 0 Å². The maximum Gasteiger partial charge on any atom is 0.306 e. The molecule has 0 aliphatic carbocycles. The molecule has 0 amide bonds. The number of rotatable bonds is 2. The van der Waals surface area contributed by atoms with Gasteiger partial charge >= 0.3 is 6.04 Å². The van der Waals surface area contributed by atoms with Crippen LogP contribution in [0, 0.1) is 5.41 Å². The first-order valence-corrected chi connectivity index (χ1v) is 1.44. The average Bonchev–Trinajstić information content (AvgIpc) is 1.35. The lowest BCUT2D eigenvalue weighted by Gasteiger charge is -1.69. The summed E-state index contributed by atoms with van der Waals surface area (Å²) in [5.74, 6) is 0. The number of carbonyl (C=O) groups excluding carboxylic acids is 1. The molecule has 0 aliphatic rings. The molecule has 0 aromatic carbocycles. The van der Waals surface area contributed by atoms with Crippen molar-refractivity contribution in [3.8, 4) is 0 Å². The Balaban J connectivity index is 3.05. The van der Waals surface area contributed by atoms with E-state index in [1.807, 2.05) is 0 Å². The monoisotopic (exact) mass is 89.0 g/mol. The van der Waals surface area contributed by atoms with Crippen LogP contribution in [0.15, 0.2) is 0 Å². The molecule has 0 rings (SSSR count). The van der Waals surface area contributed by atoms with Gasteiger partial charge in [-0.3, -0.25) is 4.79 Å². The van der Waals surface area contributed by atoms with E-state index in [-0.39, 0.29) is 6.42 Å². The smallest absolute Gasteiger partial charge is 0.306 e. The Morgan fingerprint density at radius 3 is 2.50 bits per heavy atom. The maximum absolute atomic E-state index is 10.9. The summed E-state index contributed by atoms with van der Waals surface area (Å²) in [5, 5.41) is 6.15. The van der Waals surface area contributed by atoms with E-state index in [2.05, 4.69) is 0 Å². The van der Waals surface area contributed by atoms with Crippen molar-refractivity contribution in [2.24, 2.45) is 0 Å². The molecule has 0 fully saturated rings. The van der Waals surface area contributed by atoms with Crippen molar-refractivity contribution >= 4 is 12.3 Å². The van der Waals surface area contributed by atoms with Crippen LogP contribution in [0.25, 0.3) is 0 Å². The van der Waals surface area contributed by atoms with E-state index >= 15 is 0 Å². The Morgan fingerprint density at radius 2 is 2.50 bits per heavy atom. The predicted molar refractivity (Wildman–Crippen MR) is 19.5 cm³/mol. The zero-order valence-electron chi connectivity index (χ0n) is 3.07. The first-order valence-electron chi connectivity index (χ1n) is 1.44. The van der Waals surface area contributed by atoms with Crippen LogP contribution in [0.3, 0.4) is 0 Å². The van der Waals surface area contributed by atoms with Crippen molar-refractivity contribution in [3.63, 3.8) is 0 Å². The van der Waals surface area contributed by atoms with Gasteiger partial charge in [-0.15, -0.1) is 0 Å². The van der Waals surface area contributed by atoms with Crippen LogP contribution in [0.2, 0.25) is 0 Å². The number of hydrogen-bond acceptors (Lipinski definition) is 2. The lowest BCUT2D eigenvalue weighted by molar-refractivity contribution is -0.127. The largest absolute Gasteiger partial charge is 0.313 e. The molecule has 1 N–H and O–H groups in total. The highest BCUT2D eigenvalue weighted by molar-refractivity contribution is 5.83. The summed E-state index contributed by atoms with van der Waals surface area (Å²) in [6, 6.07) is -1.45. The Kier molecular flexibility index (Phi) is 2.20. The molecule has 0 radical (unpaired) electrons. The van der Waals surface area contributed by atoms with Crippen molar-refractivity contribution in [2.45, 2.75) is 6.42 Å². The topological polar surface area (TPSA) is 40.9 Å². The highest BCUT2D eigenvalue weighted by Crippen LogP contribution is 1.74. The Hall–Kier alpha value is -0.730. The van der Waals surface area contributed by atoms with Gasteiger partial charge < -0.3 is 5.41 Å². The van der Waals surface area contributed by atoms with Crippen LogP contribution in [0.1, 0.15) is 6.42 Å². The second kappa shape index (κ2) is 2.50. The Bertz CT molecular complexity index is 71.2. The molecule has 34 valence electrons. The molecular formula is C3H4FNO. The van der Waals surface area contributed by atoms with Crippen LogP contribution in [0.5, 0.6) is 0 Å². The van der Waals surface area contributed by atoms with E-state index in [0.29, 0.717) is 0 Å². The van der Waals surface area contributed by atoms with Gasteiger partial charge in [0.15, 0.2) is 0 Å². The summed E-state index contributed by atoms with van der Waals surface area (Å²) in [7, 11) is 0. The molecule has 0 bridgehead atoms. The Morgan fingerprint density at radius 1 is 2.00 bits per heavy atom. The van der Waals surface area contributed by atoms with Crippen LogP contribution in [-0.2, 0) is 4.79 Å². The van der Waals surface area contributed by atoms with Crippen molar-refractivity contribution in [1.29, 1.82) is 5.41 Å². The Labute approximate surface area is 34.5 Å². The summed E-state index contributed by atoms with van der Waals surface area (Å²) in [5.41, 5.74) is 0. The number of halogens is 1. The molecule has 0 spiro atoms. The quantitative estimate of drug-likeness (QED) is 0.389. The van der Waals surface area contributed by atoms with Gasteiger partial charge in [0.25, 0.3) is 0 Å². The van der Waals surface area contributed by atoms with E-state index in [0.717, 1.165) is 6.21 Å². The van der Waals surface area contributed by atoms with Gasteiger partial charge in [-0.25, -0.2) is 0 Å². The van der Waals surface area contributed by atoms with E-state index < -0.39 is 6.04 Å². The van der Waals surface area contributed by atoms with Gasteiger partial charge in [0.1, 0.15) is 0 Å². The number of carbonyl (C=O) groups is 1. The zero-order chi connectivity index (χ0) is 4.99. The summed E-state index contributed by atoms with van der Waals surface area (Å²) in [6.07, 6.45) is 0.336. The highest BCUT2D eigenvalue weighted by atomic mass is 19.1. The summed E-state index contributed by atoms with van der Waals surface area (Å²) in [4.78, 5) is 9.23. The average molecular weight is 89.1 g/mol. The van der Waals surface area contributed by atoms with Crippen molar-refractivity contribution < 1.29 is 9.18 Å². The fourth-order valence-electron chi connectivity index (χ4n) is 0.0802. The normalized spacial score (nSPS) is 7.50. The molecule has 6 heavy (non-hydrogen) atoms. The standard InChI is InChI=1S/C3H4FNO/c4-3(6)1-2-5/h2,5H,1H2. The van der Waals surface area contributed by atoms with E-state index in [9.17, 15) is 9.18 Å². The van der Waals surface area contributed by atoms with Crippen molar-refractivity contribution in [2.75, 3.05) is 0 Å². The predicted octanol–water partition coefficient (Wildman–Crippen LogP) is 0.522. The minimum Gasteiger partial charge on any atom is -0.313 e. The third-order valence-corrected chi connectivity index (χ3v) is 0.263. The van der Waals surface area contributed by atoms with Gasteiger partial charge in [0, 0.05) is 6.21 Å². The van der Waals surface area contributed by atoms with Crippen LogP contribution >= 0.6 is 0 Å². The molecule has 0 heterocycles. The van der Waals surface area contributed by atoms with Crippen LogP contribution in [0.4, 0.5) is 4.39 Å². The molecule has 0 aromatic rings. The van der Waals surface area contributed by atoms with Gasteiger partial charge in [-0.05, 0) is 0 Å². The minimum atomic E-state index is -1.45. The summed E-state index contributed by atoms with van der Waals surface area (Å²) < 4.78 is 10.9. The third-order valence-electron chi connectivity index (χ3n) is 0.263. The molecule has 0 saturated heterocycles. The molecule has 0 aromatic heterocycles. The van der Waals surface area contributed by atoms with Gasteiger partial charge in [-0.1, -0.05) is 0 Å². The molecule has 3 heteroatoms. The molecule has 0 atom stereocenters. The highest BCUT2D eigenvalue weighted by Gasteiger charge is 1.87. The molecule has 0 aliphatic heterocycles. The lowest BCUT2D eigenvalue weighted by atomic mass is 10.5. The van der Waals surface area contributed by atoms with Gasteiger partial charge in [0.05, 0.1) is 6.42 Å². The molecule has 2 nitrogen and oxygen atoms in total.